The minimum absolute atomic E-state index is 0.233. The van der Waals surface area contributed by atoms with Crippen molar-refractivity contribution in [3.8, 4) is 28.4 Å². The first kappa shape index (κ1) is 26.7. The van der Waals surface area contributed by atoms with Crippen LogP contribution in [0.5, 0.6) is 5.75 Å². The van der Waals surface area contributed by atoms with Crippen molar-refractivity contribution >= 4 is 34.3 Å². The van der Waals surface area contributed by atoms with E-state index in [9.17, 15) is 19.8 Å². The van der Waals surface area contributed by atoms with Gasteiger partial charge in [0.2, 0.25) is 0 Å². The Bertz CT molecular complexity index is 1730. The Morgan fingerprint density at radius 3 is 2.22 bits per heavy atom. The normalized spacial score (nSPS) is 13.9. The Kier molecular flexibility index (Phi) is 7.28. The van der Waals surface area contributed by atoms with Gasteiger partial charge in [0, 0.05) is 17.2 Å². The number of carboxylic acid groups (broad SMARTS) is 2. The molecule has 0 spiro atoms. The van der Waals surface area contributed by atoms with Gasteiger partial charge in [-0.2, -0.15) is 0 Å². The average Bonchev–Trinajstić information content (AvgIpc) is 3.56. The number of benzene rings is 3. The van der Waals surface area contributed by atoms with Crippen molar-refractivity contribution in [2.75, 3.05) is 0 Å². The van der Waals surface area contributed by atoms with Gasteiger partial charge in [0.15, 0.2) is 0 Å². The molecule has 9 heteroatoms. The van der Waals surface area contributed by atoms with E-state index in [2.05, 4.69) is 9.55 Å². The maximum atomic E-state index is 11.6. The number of aryl methyl sites for hydroxylation is 1. The molecule has 2 aromatic heterocycles. The highest BCUT2D eigenvalue weighted by molar-refractivity contribution is 7.12. The van der Waals surface area contributed by atoms with E-state index in [1.54, 1.807) is 47.7 Å². The summed E-state index contributed by atoms with van der Waals surface area (Å²) in [5.74, 6) is -0.372. The molecule has 0 bridgehead atoms. The lowest BCUT2D eigenvalue weighted by atomic mass is 9.95. The zero-order valence-electron chi connectivity index (χ0n) is 22.5. The van der Waals surface area contributed by atoms with Crippen LogP contribution < -0.4 is 4.74 Å². The number of rotatable bonds is 8. The minimum atomic E-state index is -0.961. The first-order valence-corrected chi connectivity index (χ1v) is 14.5. The van der Waals surface area contributed by atoms with E-state index < -0.39 is 11.9 Å². The smallest absolute Gasteiger partial charge is 0.335 e. The van der Waals surface area contributed by atoms with Crippen molar-refractivity contribution in [3.63, 3.8) is 0 Å². The number of nitrogens with zero attached hydrogens (tertiary/aromatic N) is 3. The van der Waals surface area contributed by atoms with Gasteiger partial charge in [-0.25, -0.2) is 19.6 Å². The lowest BCUT2D eigenvalue weighted by Gasteiger charge is -2.25. The highest BCUT2D eigenvalue weighted by Crippen LogP contribution is 2.37. The molecule has 2 N–H and O–H groups in total. The molecule has 0 radical (unpaired) electrons. The van der Waals surface area contributed by atoms with Crippen molar-refractivity contribution in [1.29, 1.82) is 0 Å². The van der Waals surface area contributed by atoms with Crippen LogP contribution in [0, 0.1) is 6.92 Å². The number of carbonyl (C=O) groups is 2. The van der Waals surface area contributed by atoms with Gasteiger partial charge in [-0.1, -0.05) is 31.4 Å². The molecule has 1 fully saturated rings. The number of aromatic carboxylic acids is 2. The molecular formula is C32H29N3O5S. The van der Waals surface area contributed by atoms with Crippen LogP contribution in [0.3, 0.4) is 0 Å². The molecule has 0 aliphatic heterocycles. The molecule has 1 saturated carbocycles. The molecule has 5 aromatic rings. The summed E-state index contributed by atoms with van der Waals surface area (Å²) in [6.45, 7) is 2.27. The van der Waals surface area contributed by atoms with Crippen LogP contribution in [0.1, 0.15) is 68.7 Å². The summed E-state index contributed by atoms with van der Waals surface area (Å²) in [6.07, 6.45) is 5.74. The van der Waals surface area contributed by atoms with E-state index in [1.165, 1.54) is 19.3 Å². The number of thiazole rings is 1. The highest BCUT2D eigenvalue weighted by atomic mass is 32.1. The summed E-state index contributed by atoms with van der Waals surface area (Å²) in [5, 5.41) is 19.6. The fraction of sp³-hybridized carbons (Fsp3) is 0.250. The quantitative estimate of drug-likeness (QED) is 0.198. The Morgan fingerprint density at radius 2 is 1.54 bits per heavy atom. The van der Waals surface area contributed by atoms with Crippen LogP contribution in [0.25, 0.3) is 33.7 Å². The van der Waals surface area contributed by atoms with E-state index in [4.69, 9.17) is 9.72 Å². The third kappa shape index (κ3) is 5.45. The molecule has 208 valence electrons. The summed E-state index contributed by atoms with van der Waals surface area (Å²) >= 11 is 1.55. The Hall–Kier alpha value is -4.50. The molecule has 1 aliphatic carbocycles. The molecule has 41 heavy (non-hydrogen) atoms. The lowest BCUT2D eigenvalue weighted by molar-refractivity contribution is 0.0686. The van der Waals surface area contributed by atoms with Gasteiger partial charge >= 0.3 is 11.9 Å². The number of hydrogen-bond acceptors (Lipinski definition) is 6. The second-order valence-corrected chi connectivity index (χ2v) is 11.6. The van der Waals surface area contributed by atoms with Crippen LogP contribution >= 0.6 is 11.3 Å². The summed E-state index contributed by atoms with van der Waals surface area (Å²) in [4.78, 5) is 33.3. The van der Waals surface area contributed by atoms with E-state index in [-0.39, 0.29) is 11.1 Å². The monoisotopic (exact) mass is 567 g/mol. The molecule has 0 amide bonds. The van der Waals surface area contributed by atoms with E-state index in [1.807, 2.05) is 37.3 Å². The van der Waals surface area contributed by atoms with Crippen LogP contribution in [0.2, 0.25) is 0 Å². The molecule has 0 unspecified atom stereocenters. The van der Waals surface area contributed by atoms with Crippen LogP contribution in [-0.2, 0) is 6.61 Å². The molecule has 0 atom stereocenters. The number of imidazole rings is 1. The lowest BCUT2D eigenvalue weighted by Crippen LogP contribution is -2.14. The third-order valence-electron chi connectivity index (χ3n) is 7.57. The fourth-order valence-corrected chi connectivity index (χ4v) is 6.43. The zero-order valence-corrected chi connectivity index (χ0v) is 23.4. The predicted octanol–water partition coefficient (Wildman–Crippen LogP) is 7.62. The van der Waals surface area contributed by atoms with Gasteiger partial charge in [-0.3, -0.25) is 0 Å². The summed E-state index contributed by atoms with van der Waals surface area (Å²) < 4.78 is 8.44. The largest absolute Gasteiger partial charge is 0.488 e. The van der Waals surface area contributed by atoms with Crippen molar-refractivity contribution in [2.24, 2.45) is 0 Å². The molecule has 1 aliphatic rings. The van der Waals surface area contributed by atoms with Gasteiger partial charge in [-0.05, 0) is 74.4 Å². The van der Waals surface area contributed by atoms with Crippen molar-refractivity contribution in [2.45, 2.75) is 51.7 Å². The second kappa shape index (κ2) is 11.2. The summed E-state index contributed by atoms with van der Waals surface area (Å²) in [7, 11) is 0. The molecule has 8 nitrogen and oxygen atoms in total. The molecule has 0 saturated heterocycles. The SMILES string of the molecule is Cc1nc(-c2ccc(C(=O)O)cc2)c(COc2ccc(-c3nc4cc(C(=O)O)ccc4n3C3CCCCC3)cc2)s1. The van der Waals surface area contributed by atoms with Crippen LogP contribution in [0.4, 0.5) is 0 Å². The first-order chi connectivity index (χ1) is 19.9. The third-order valence-corrected chi connectivity index (χ3v) is 8.51. The van der Waals surface area contributed by atoms with Gasteiger partial charge in [0.05, 0.1) is 37.7 Å². The number of fused-ring (bicyclic) bond motifs is 1. The Labute approximate surface area is 240 Å². The first-order valence-electron chi connectivity index (χ1n) is 13.7. The fourth-order valence-electron chi connectivity index (χ4n) is 5.56. The summed E-state index contributed by atoms with van der Waals surface area (Å²) in [6, 6.07) is 20.1. The Balaban J connectivity index is 1.26. The van der Waals surface area contributed by atoms with Gasteiger partial charge in [0.1, 0.15) is 18.2 Å². The van der Waals surface area contributed by atoms with Crippen molar-refractivity contribution < 1.29 is 24.5 Å². The Morgan fingerprint density at radius 1 is 0.878 bits per heavy atom. The summed E-state index contributed by atoms with van der Waals surface area (Å²) in [5.41, 5.74) is 4.71. The highest BCUT2D eigenvalue weighted by Gasteiger charge is 2.23. The van der Waals surface area contributed by atoms with Gasteiger partial charge in [0.25, 0.3) is 0 Å². The predicted molar refractivity (Wildman–Crippen MR) is 158 cm³/mol. The second-order valence-electron chi connectivity index (χ2n) is 10.3. The molecular weight excluding hydrogens is 538 g/mol. The minimum Gasteiger partial charge on any atom is -0.488 e. The maximum absolute atomic E-state index is 11.6. The number of carboxylic acids is 2. The van der Waals surface area contributed by atoms with E-state index in [0.717, 1.165) is 50.9 Å². The van der Waals surface area contributed by atoms with Crippen molar-refractivity contribution in [3.05, 3.63) is 87.7 Å². The van der Waals surface area contributed by atoms with Crippen LogP contribution in [0.15, 0.2) is 66.7 Å². The number of aromatic nitrogens is 3. The maximum Gasteiger partial charge on any atom is 0.335 e. The molecule has 2 heterocycles. The topological polar surface area (TPSA) is 115 Å². The molecule has 6 rings (SSSR count). The molecule has 3 aromatic carbocycles. The van der Waals surface area contributed by atoms with Gasteiger partial charge in [-0.15, -0.1) is 11.3 Å². The van der Waals surface area contributed by atoms with E-state index >= 15 is 0 Å². The number of ether oxygens (including phenoxy) is 1. The number of hydrogen-bond donors (Lipinski definition) is 2. The standard InChI is InChI=1S/C32H29N3O5S/c1-19-33-29(20-7-9-22(10-8-20)31(36)37)28(41-19)18-40-25-14-11-21(12-15-25)30-34-26-17-23(32(38)39)13-16-27(26)35(30)24-5-3-2-4-6-24/h7-17,24H,2-6,18H2,1H3,(H,36,37)(H,38,39). The van der Waals surface area contributed by atoms with E-state index in [0.29, 0.717) is 23.9 Å². The van der Waals surface area contributed by atoms with Crippen molar-refractivity contribution in [1.82, 2.24) is 14.5 Å². The zero-order chi connectivity index (χ0) is 28.5. The van der Waals surface area contributed by atoms with Crippen LogP contribution in [-0.4, -0.2) is 36.7 Å². The van der Waals surface area contributed by atoms with Gasteiger partial charge < -0.3 is 19.5 Å². The average molecular weight is 568 g/mol.